The van der Waals surface area contributed by atoms with Crippen molar-refractivity contribution in [1.29, 1.82) is 0 Å². The van der Waals surface area contributed by atoms with Crippen LogP contribution >= 0.6 is 27.5 Å². The fourth-order valence-corrected chi connectivity index (χ4v) is 1.12. The fraction of sp³-hybridized carbons (Fsp3) is 0.222. The van der Waals surface area contributed by atoms with Gasteiger partial charge in [0, 0.05) is 16.5 Å². The van der Waals surface area contributed by atoms with Gasteiger partial charge in [0.2, 0.25) is 0 Å². The Labute approximate surface area is 90.7 Å². The van der Waals surface area contributed by atoms with Crippen LogP contribution < -0.4 is 4.74 Å². The summed E-state index contributed by atoms with van der Waals surface area (Å²) in [6.45, 7) is 4.15. The van der Waals surface area contributed by atoms with Crippen LogP contribution in [0.4, 0.5) is 0 Å². The van der Waals surface area contributed by atoms with Crippen LogP contribution in [0, 0.1) is 0 Å². The number of alkyl halides is 1. The van der Waals surface area contributed by atoms with Gasteiger partial charge in [0.15, 0.2) is 0 Å². The molecule has 0 aliphatic rings. The molecule has 2 nitrogen and oxygen atoms in total. The van der Waals surface area contributed by atoms with E-state index < -0.39 is 0 Å². The topological polar surface area (TPSA) is 22.1 Å². The quantitative estimate of drug-likeness (QED) is 0.615. The van der Waals surface area contributed by atoms with Crippen LogP contribution in [-0.4, -0.2) is 17.5 Å². The van der Waals surface area contributed by atoms with E-state index in [2.05, 4.69) is 27.5 Å². The second kappa shape index (κ2) is 5.25. The van der Waals surface area contributed by atoms with Crippen molar-refractivity contribution in [1.82, 2.24) is 4.98 Å². The molecule has 0 N–H and O–H groups in total. The predicted molar refractivity (Wildman–Crippen MR) is 57.3 cm³/mol. The zero-order valence-electron chi connectivity index (χ0n) is 6.96. The lowest BCUT2D eigenvalue weighted by molar-refractivity contribution is 0.351. The largest absolute Gasteiger partial charge is 0.488 e. The maximum Gasteiger partial charge on any atom is 0.139 e. The molecule has 0 fully saturated rings. The van der Waals surface area contributed by atoms with Crippen molar-refractivity contribution in [2.24, 2.45) is 0 Å². The second-order valence-electron chi connectivity index (χ2n) is 2.51. The summed E-state index contributed by atoms with van der Waals surface area (Å²) in [5.74, 6) is 1.13. The summed E-state index contributed by atoms with van der Waals surface area (Å²) in [5.41, 5.74) is 0.849. The lowest BCUT2D eigenvalue weighted by Gasteiger charge is -2.05. The molecule has 0 radical (unpaired) electrons. The van der Waals surface area contributed by atoms with E-state index in [0.717, 1.165) is 10.0 Å². The van der Waals surface area contributed by atoms with Crippen molar-refractivity contribution < 1.29 is 4.74 Å². The highest BCUT2D eigenvalue weighted by Gasteiger charge is 1.96. The fourth-order valence-electron chi connectivity index (χ4n) is 0.695. The van der Waals surface area contributed by atoms with Gasteiger partial charge >= 0.3 is 0 Å². The molecular weight excluding hydrogens is 253 g/mol. The molecule has 0 saturated heterocycles. The van der Waals surface area contributed by atoms with Gasteiger partial charge in [-0.05, 0) is 27.6 Å². The Morgan fingerprint density at radius 2 is 2.38 bits per heavy atom. The highest BCUT2D eigenvalue weighted by molar-refractivity contribution is 9.10. The molecule has 0 unspecified atom stereocenters. The molecule has 0 atom stereocenters. The van der Waals surface area contributed by atoms with Crippen LogP contribution in [0.2, 0.25) is 0 Å². The first-order valence-corrected chi connectivity index (χ1v) is 5.01. The van der Waals surface area contributed by atoms with Gasteiger partial charge in [0.1, 0.15) is 12.4 Å². The highest BCUT2D eigenvalue weighted by Crippen LogP contribution is 2.16. The van der Waals surface area contributed by atoms with Gasteiger partial charge in [-0.2, -0.15) is 0 Å². The maximum atomic E-state index is 5.55. The van der Waals surface area contributed by atoms with E-state index in [1.54, 1.807) is 12.4 Å². The average Bonchev–Trinajstić information content (AvgIpc) is 2.14. The number of halogens is 2. The van der Waals surface area contributed by atoms with Gasteiger partial charge < -0.3 is 4.74 Å². The van der Waals surface area contributed by atoms with E-state index >= 15 is 0 Å². The monoisotopic (exact) mass is 261 g/mol. The molecule has 1 aromatic rings. The minimum atomic E-state index is 0.418. The third-order valence-corrected chi connectivity index (χ3v) is 2.12. The summed E-state index contributed by atoms with van der Waals surface area (Å²) in [4.78, 5) is 3.95. The molecule has 1 rings (SSSR count). The van der Waals surface area contributed by atoms with Crippen molar-refractivity contribution >= 4 is 27.5 Å². The van der Waals surface area contributed by atoms with Crippen LogP contribution in [0.25, 0.3) is 0 Å². The SMILES string of the molecule is C=C(CCl)COc1cncc(Br)c1. The molecule has 13 heavy (non-hydrogen) atoms. The number of pyridine rings is 1. The molecule has 0 amide bonds. The summed E-state index contributed by atoms with van der Waals surface area (Å²) < 4.78 is 6.25. The van der Waals surface area contributed by atoms with Crippen LogP contribution in [0.5, 0.6) is 5.75 Å². The van der Waals surface area contributed by atoms with E-state index in [1.165, 1.54) is 0 Å². The Balaban J connectivity index is 2.50. The molecular formula is C9H9BrClNO. The van der Waals surface area contributed by atoms with Gasteiger partial charge in [0.25, 0.3) is 0 Å². The first kappa shape index (κ1) is 10.5. The maximum absolute atomic E-state index is 5.55. The number of nitrogens with zero attached hydrogens (tertiary/aromatic N) is 1. The third kappa shape index (κ3) is 3.79. The van der Waals surface area contributed by atoms with E-state index in [4.69, 9.17) is 16.3 Å². The molecule has 0 aliphatic heterocycles. The van der Waals surface area contributed by atoms with Gasteiger partial charge in [-0.3, -0.25) is 4.98 Å². The predicted octanol–water partition coefficient (Wildman–Crippen LogP) is 3.02. The minimum Gasteiger partial charge on any atom is -0.488 e. The van der Waals surface area contributed by atoms with E-state index in [0.29, 0.717) is 18.2 Å². The summed E-state index contributed by atoms with van der Waals surface area (Å²) >= 11 is 8.84. The Morgan fingerprint density at radius 3 is 3.00 bits per heavy atom. The van der Waals surface area contributed by atoms with E-state index in [9.17, 15) is 0 Å². The molecule has 4 heteroatoms. The molecule has 0 spiro atoms. The summed E-state index contributed by atoms with van der Waals surface area (Å²) in [7, 11) is 0. The Morgan fingerprint density at radius 1 is 1.62 bits per heavy atom. The number of rotatable bonds is 4. The number of hydrogen-bond acceptors (Lipinski definition) is 2. The summed E-state index contributed by atoms with van der Waals surface area (Å²) in [6.07, 6.45) is 3.34. The third-order valence-electron chi connectivity index (χ3n) is 1.31. The van der Waals surface area contributed by atoms with Crippen molar-refractivity contribution in [3.8, 4) is 5.75 Å². The zero-order chi connectivity index (χ0) is 9.68. The Kier molecular flexibility index (Phi) is 4.25. The number of aromatic nitrogens is 1. The first-order valence-electron chi connectivity index (χ1n) is 3.68. The lowest BCUT2D eigenvalue weighted by Crippen LogP contribution is -2.01. The standard InChI is InChI=1S/C9H9BrClNO/c1-7(3-11)6-13-9-2-8(10)4-12-5-9/h2,4-5H,1,3,6H2. The van der Waals surface area contributed by atoms with Crippen LogP contribution in [0.1, 0.15) is 0 Å². The zero-order valence-corrected chi connectivity index (χ0v) is 9.31. The lowest BCUT2D eigenvalue weighted by atomic mass is 10.4. The van der Waals surface area contributed by atoms with Gasteiger partial charge in [-0.25, -0.2) is 0 Å². The van der Waals surface area contributed by atoms with Gasteiger partial charge in [-0.15, -0.1) is 11.6 Å². The van der Waals surface area contributed by atoms with Crippen LogP contribution in [0.3, 0.4) is 0 Å². The summed E-state index contributed by atoms with van der Waals surface area (Å²) in [6, 6.07) is 1.84. The first-order chi connectivity index (χ1) is 6.22. The van der Waals surface area contributed by atoms with Gasteiger partial charge in [-0.1, -0.05) is 6.58 Å². The van der Waals surface area contributed by atoms with Crippen molar-refractivity contribution in [3.05, 3.63) is 35.1 Å². The molecule has 0 aliphatic carbocycles. The smallest absolute Gasteiger partial charge is 0.139 e. The second-order valence-corrected chi connectivity index (χ2v) is 3.69. The van der Waals surface area contributed by atoms with Crippen LogP contribution in [0.15, 0.2) is 35.1 Å². The van der Waals surface area contributed by atoms with E-state index in [-0.39, 0.29) is 0 Å². The molecule has 0 aromatic carbocycles. The van der Waals surface area contributed by atoms with Crippen molar-refractivity contribution in [3.63, 3.8) is 0 Å². The minimum absolute atomic E-state index is 0.418. The number of hydrogen-bond donors (Lipinski definition) is 0. The average molecular weight is 263 g/mol. The van der Waals surface area contributed by atoms with Crippen molar-refractivity contribution in [2.45, 2.75) is 0 Å². The van der Waals surface area contributed by atoms with Crippen molar-refractivity contribution in [2.75, 3.05) is 12.5 Å². The number of ether oxygens (including phenoxy) is 1. The van der Waals surface area contributed by atoms with E-state index in [1.807, 2.05) is 6.07 Å². The van der Waals surface area contributed by atoms with Gasteiger partial charge in [0.05, 0.1) is 6.20 Å². The molecule has 0 bridgehead atoms. The van der Waals surface area contributed by atoms with Crippen LogP contribution in [-0.2, 0) is 0 Å². The highest BCUT2D eigenvalue weighted by atomic mass is 79.9. The molecule has 70 valence electrons. The molecule has 1 heterocycles. The molecule has 0 saturated carbocycles. The summed E-state index contributed by atoms with van der Waals surface area (Å²) in [5, 5.41) is 0. The molecule has 1 aromatic heterocycles. The normalized spacial score (nSPS) is 9.69. The Bertz CT molecular complexity index is 303. The Hall–Kier alpha value is -0.540.